The SMILES string of the molecule is COCC(O)CCNC(=O)c1sc(C)nc1C. The van der Waals surface area contributed by atoms with Gasteiger partial charge in [-0.25, -0.2) is 4.98 Å². The van der Waals surface area contributed by atoms with Gasteiger partial charge in [0.2, 0.25) is 0 Å². The number of aryl methyl sites for hydroxylation is 2. The Labute approximate surface area is 105 Å². The van der Waals surface area contributed by atoms with Crippen molar-refractivity contribution in [1.29, 1.82) is 0 Å². The van der Waals surface area contributed by atoms with Crippen LogP contribution in [0.4, 0.5) is 0 Å². The van der Waals surface area contributed by atoms with E-state index in [1.807, 2.05) is 13.8 Å². The summed E-state index contributed by atoms with van der Waals surface area (Å²) in [5.74, 6) is -0.127. The fourth-order valence-corrected chi connectivity index (χ4v) is 2.29. The third-order valence-electron chi connectivity index (χ3n) is 2.23. The van der Waals surface area contributed by atoms with E-state index in [0.717, 1.165) is 10.7 Å². The van der Waals surface area contributed by atoms with Crippen LogP contribution in [0.2, 0.25) is 0 Å². The summed E-state index contributed by atoms with van der Waals surface area (Å²) in [5.41, 5.74) is 0.752. The minimum atomic E-state index is -0.537. The van der Waals surface area contributed by atoms with E-state index in [-0.39, 0.29) is 12.5 Å². The molecule has 0 bridgehead atoms. The zero-order valence-electron chi connectivity index (χ0n) is 10.3. The third-order valence-corrected chi connectivity index (χ3v) is 3.30. The molecule has 2 N–H and O–H groups in total. The summed E-state index contributed by atoms with van der Waals surface area (Å²) in [6, 6.07) is 0. The Hall–Kier alpha value is -0.980. The van der Waals surface area contributed by atoms with Crippen LogP contribution in [0, 0.1) is 13.8 Å². The summed E-state index contributed by atoms with van der Waals surface area (Å²) in [6.45, 7) is 4.41. The Morgan fingerprint density at radius 2 is 2.29 bits per heavy atom. The van der Waals surface area contributed by atoms with E-state index in [4.69, 9.17) is 4.74 Å². The maximum atomic E-state index is 11.8. The van der Waals surface area contributed by atoms with Crippen molar-refractivity contribution < 1.29 is 14.6 Å². The average molecular weight is 258 g/mol. The van der Waals surface area contributed by atoms with Gasteiger partial charge in [0.1, 0.15) is 4.88 Å². The van der Waals surface area contributed by atoms with Crippen molar-refractivity contribution >= 4 is 17.2 Å². The van der Waals surface area contributed by atoms with Crippen LogP contribution in [0.3, 0.4) is 0 Å². The lowest BCUT2D eigenvalue weighted by atomic mass is 10.2. The van der Waals surface area contributed by atoms with Crippen LogP contribution in [0.25, 0.3) is 0 Å². The van der Waals surface area contributed by atoms with Gasteiger partial charge in [-0.15, -0.1) is 11.3 Å². The summed E-state index contributed by atoms with van der Waals surface area (Å²) in [4.78, 5) is 16.6. The van der Waals surface area contributed by atoms with Crippen molar-refractivity contribution in [2.75, 3.05) is 20.3 Å². The van der Waals surface area contributed by atoms with Crippen LogP contribution in [-0.4, -0.2) is 42.4 Å². The van der Waals surface area contributed by atoms with Crippen LogP contribution in [0.5, 0.6) is 0 Å². The molecule has 96 valence electrons. The van der Waals surface area contributed by atoms with Gasteiger partial charge in [0.25, 0.3) is 5.91 Å². The monoisotopic (exact) mass is 258 g/mol. The number of carbonyl (C=O) groups excluding carboxylic acids is 1. The van der Waals surface area contributed by atoms with Gasteiger partial charge in [0, 0.05) is 13.7 Å². The van der Waals surface area contributed by atoms with Crippen LogP contribution >= 0.6 is 11.3 Å². The van der Waals surface area contributed by atoms with E-state index in [2.05, 4.69) is 10.3 Å². The Balaban J connectivity index is 2.37. The number of aliphatic hydroxyl groups excluding tert-OH is 1. The second-order valence-electron chi connectivity index (χ2n) is 3.80. The second kappa shape index (κ2) is 6.68. The van der Waals surface area contributed by atoms with E-state index in [1.165, 1.54) is 18.4 Å². The molecule has 0 spiro atoms. The summed E-state index contributed by atoms with van der Waals surface area (Å²) < 4.78 is 4.80. The molecule has 1 rings (SSSR count). The molecule has 0 aliphatic rings. The van der Waals surface area contributed by atoms with E-state index < -0.39 is 6.10 Å². The first-order valence-corrected chi connectivity index (χ1v) is 6.25. The fraction of sp³-hybridized carbons (Fsp3) is 0.636. The van der Waals surface area contributed by atoms with Gasteiger partial charge in [0.15, 0.2) is 0 Å². The Bertz CT molecular complexity index is 379. The number of thiazole rings is 1. The number of hydrogen-bond acceptors (Lipinski definition) is 5. The number of nitrogens with one attached hydrogen (secondary N) is 1. The topological polar surface area (TPSA) is 71.5 Å². The van der Waals surface area contributed by atoms with Crippen LogP contribution in [0.1, 0.15) is 26.8 Å². The van der Waals surface area contributed by atoms with Gasteiger partial charge in [0.05, 0.1) is 23.4 Å². The molecule has 1 heterocycles. The van der Waals surface area contributed by atoms with Gasteiger partial charge in [-0.3, -0.25) is 4.79 Å². The highest BCUT2D eigenvalue weighted by molar-refractivity contribution is 7.13. The Kier molecular flexibility index (Phi) is 5.54. The molecule has 1 atom stereocenters. The average Bonchev–Trinajstić information content (AvgIpc) is 2.58. The van der Waals surface area contributed by atoms with Crippen molar-refractivity contribution in [3.63, 3.8) is 0 Å². The molecule has 1 amide bonds. The predicted molar refractivity (Wildman–Crippen MR) is 66.4 cm³/mol. The zero-order chi connectivity index (χ0) is 12.8. The van der Waals surface area contributed by atoms with Gasteiger partial charge >= 0.3 is 0 Å². The lowest BCUT2D eigenvalue weighted by Crippen LogP contribution is -2.28. The lowest BCUT2D eigenvalue weighted by molar-refractivity contribution is 0.0588. The van der Waals surface area contributed by atoms with E-state index in [1.54, 1.807) is 0 Å². The van der Waals surface area contributed by atoms with E-state index in [0.29, 0.717) is 17.8 Å². The smallest absolute Gasteiger partial charge is 0.263 e. The molecular formula is C11H18N2O3S. The standard InChI is InChI=1S/C11H18N2O3S/c1-7-10(17-8(2)13-7)11(15)12-5-4-9(14)6-16-3/h9,14H,4-6H2,1-3H3,(H,12,15). The van der Waals surface area contributed by atoms with Crippen LogP contribution in [-0.2, 0) is 4.74 Å². The molecule has 17 heavy (non-hydrogen) atoms. The molecule has 0 fully saturated rings. The lowest BCUT2D eigenvalue weighted by Gasteiger charge is -2.09. The summed E-state index contributed by atoms with van der Waals surface area (Å²) in [5, 5.41) is 13.0. The van der Waals surface area contributed by atoms with Crippen molar-refractivity contribution in [2.45, 2.75) is 26.4 Å². The fourth-order valence-electron chi connectivity index (χ4n) is 1.45. The molecule has 1 aromatic rings. The molecule has 1 unspecified atom stereocenters. The molecule has 0 aliphatic carbocycles. The Morgan fingerprint density at radius 1 is 1.59 bits per heavy atom. The van der Waals surface area contributed by atoms with Crippen LogP contribution < -0.4 is 5.32 Å². The summed E-state index contributed by atoms with van der Waals surface area (Å²) in [6.07, 6.45) is -0.0549. The van der Waals surface area contributed by atoms with Crippen molar-refractivity contribution in [2.24, 2.45) is 0 Å². The van der Waals surface area contributed by atoms with Gasteiger partial charge in [-0.2, -0.15) is 0 Å². The first-order chi connectivity index (χ1) is 8.04. The number of amides is 1. The zero-order valence-corrected chi connectivity index (χ0v) is 11.1. The molecule has 1 aromatic heterocycles. The Morgan fingerprint density at radius 3 is 2.82 bits per heavy atom. The largest absolute Gasteiger partial charge is 0.391 e. The van der Waals surface area contributed by atoms with E-state index >= 15 is 0 Å². The van der Waals surface area contributed by atoms with Crippen LogP contribution in [0.15, 0.2) is 0 Å². The third kappa shape index (κ3) is 4.41. The van der Waals surface area contributed by atoms with Crippen molar-refractivity contribution in [1.82, 2.24) is 10.3 Å². The summed E-state index contributed by atoms with van der Waals surface area (Å²) >= 11 is 1.38. The highest BCUT2D eigenvalue weighted by Gasteiger charge is 2.13. The maximum absolute atomic E-state index is 11.8. The highest BCUT2D eigenvalue weighted by atomic mass is 32.1. The molecule has 0 aromatic carbocycles. The minimum Gasteiger partial charge on any atom is -0.391 e. The molecule has 0 aliphatic heterocycles. The number of carbonyl (C=O) groups is 1. The number of nitrogens with zero attached hydrogens (tertiary/aromatic N) is 1. The van der Waals surface area contributed by atoms with E-state index in [9.17, 15) is 9.90 Å². The molecular weight excluding hydrogens is 240 g/mol. The molecule has 5 nitrogen and oxygen atoms in total. The quantitative estimate of drug-likeness (QED) is 0.795. The molecule has 0 saturated heterocycles. The van der Waals surface area contributed by atoms with Gasteiger partial charge in [-0.05, 0) is 20.3 Å². The first-order valence-electron chi connectivity index (χ1n) is 5.43. The number of hydrogen-bond donors (Lipinski definition) is 2. The van der Waals surface area contributed by atoms with Crippen molar-refractivity contribution in [3.8, 4) is 0 Å². The maximum Gasteiger partial charge on any atom is 0.263 e. The highest BCUT2D eigenvalue weighted by Crippen LogP contribution is 2.16. The molecule has 0 saturated carbocycles. The number of ether oxygens (including phenoxy) is 1. The predicted octanol–water partition coefficient (Wildman–Crippen LogP) is 0.887. The molecule has 0 radical (unpaired) electrons. The normalized spacial score (nSPS) is 12.5. The number of methoxy groups -OCH3 is 1. The minimum absolute atomic E-state index is 0.127. The van der Waals surface area contributed by atoms with Gasteiger partial charge in [-0.1, -0.05) is 0 Å². The summed E-state index contributed by atoms with van der Waals surface area (Å²) in [7, 11) is 1.53. The number of rotatable bonds is 6. The second-order valence-corrected chi connectivity index (χ2v) is 5.00. The molecule has 6 heteroatoms. The van der Waals surface area contributed by atoms with Crippen molar-refractivity contribution in [3.05, 3.63) is 15.6 Å². The first kappa shape index (κ1) is 14.1. The number of aromatic nitrogens is 1. The number of aliphatic hydroxyl groups is 1. The van der Waals surface area contributed by atoms with Gasteiger partial charge < -0.3 is 15.2 Å².